The highest BCUT2D eigenvalue weighted by molar-refractivity contribution is 5.77. The topological polar surface area (TPSA) is 59.2 Å². The van der Waals surface area contributed by atoms with Crippen molar-refractivity contribution in [1.29, 1.82) is 0 Å². The number of carbonyl (C=O) groups excluding carboxylic acids is 1. The van der Waals surface area contributed by atoms with Crippen LogP contribution in [0.5, 0.6) is 0 Å². The summed E-state index contributed by atoms with van der Waals surface area (Å²) in [6.45, 7) is 3.63. The Morgan fingerprint density at radius 2 is 2.21 bits per heavy atom. The lowest BCUT2D eigenvalue weighted by Crippen LogP contribution is -2.51. The number of amides is 1. The van der Waals surface area contributed by atoms with Gasteiger partial charge in [-0.1, -0.05) is 6.92 Å². The molecule has 1 aromatic heterocycles. The predicted octanol–water partition coefficient (Wildman–Crippen LogP) is 1.60. The highest BCUT2D eigenvalue weighted by Gasteiger charge is 2.30. The van der Waals surface area contributed by atoms with Gasteiger partial charge in [-0.2, -0.15) is 0 Å². The van der Waals surface area contributed by atoms with E-state index in [4.69, 9.17) is 5.73 Å². The van der Waals surface area contributed by atoms with Crippen molar-refractivity contribution in [3.05, 3.63) is 30.1 Å². The summed E-state index contributed by atoms with van der Waals surface area (Å²) < 4.78 is 0. The molecule has 1 saturated heterocycles. The number of likely N-dealkylation sites (tertiary alicyclic amines) is 1. The van der Waals surface area contributed by atoms with Crippen molar-refractivity contribution < 1.29 is 4.79 Å². The van der Waals surface area contributed by atoms with Crippen LogP contribution in [0.1, 0.15) is 31.7 Å². The number of nitrogens with two attached hydrogens (primary N) is 1. The molecule has 0 aliphatic carbocycles. The van der Waals surface area contributed by atoms with Gasteiger partial charge in [0, 0.05) is 37.9 Å². The van der Waals surface area contributed by atoms with E-state index in [9.17, 15) is 4.79 Å². The van der Waals surface area contributed by atoms with Gasteiger partial charge >= 0.3 is 0 Å². The number of piperidine rings is 1. The number of hydrogen-bond donors (Lipinski definition) is 1. The molecule has 19 heavy (non-hydrogen) atoms. The molecule has 2 N–H and O–H groups in total. The Morgan fingerprint density at radius 3 is 2.89 bits per heavy atom. The SMILES string of the molecule is CC1CCCN(C(=O)CCc2ccncc2)C1CN. The maximum absolute atomic E-state index is 12.3. The smallest absolute Gasteiger partial charge is 0.223 e. The minimum absolute atomic E-state index is 0.221. The second kappa shape index (κ2) is 6.66. The van der Waals surface area contributed by atoms with Crippen LogP contribution in [-0.2, 0) is 11.2 Å². The summed E-state index contributed by atoms with van der Waals surface area (Å²) in [5.74, 6) is 0.752. The Bertz CT molecular complexity index is 407. The molecule has 1 aliphatic rings. The number of pyridine rings is 1. The number of carbonyl (C=O) groups is 1. The molecule has 4 heteroatoms. The van der Waals surface area contributed by atoms with Gasteiger partial charge < -0.3 is 10.6 Å². The van der Waals surface area contributed by atoms with E-state index in [0.29, 0.717) is 18.9 Å². The second-order valence-corrected chi connectivity index (χ2v) is 5.37. The maximum Gasteiger partial charge on any atom is 0.223 e. The molecular formula is C15H23N3O. The molecule has 4 nitrogen and oxygen atoms in total. The third kappa shape index (κ3) is 3.53. The fourth-order valence-corrected chi connectivity index (χ4v) is 2.86. The van der Waals surface area contributed by atoms with Crippen LogP contribution >= 0.6 is 0 Å². The molecule has 2 unspecified atom stereocenters. The monoisotopic (exact) mass is 261 g/mol. The molecule has 2 rings (SSSR count). The molecule has 104 valence electrons. The largest absolute Gasteiger partial charge is 0.338 e. The molecule has 0 spiro atoms. The van der Waals surface area contributed by atoms with Crippen molar-refractivity contribution >= 4 is 5.91 Å². The molecule has 1 aliphatic heterocycles. The summed E-state index contributed by atoms with van der Waals surface area (Å²) in [7, 11) is 0. The quantitative estimate of drug-likeness (QED) is 0.895. The van der Waals surface area contributed by atoms with Crippen molar-refractivity contribution in [1.82, 2.24) is 9.88 Å². The van der Waals surface area contributed by atoms with Gasteiger partial charge in [-0.05, 0) is 42.9 Å². The van der Waals surface area contributed by atoms with Crippen molar-refractivity contribution in [2.24, 2.45) is 11.7 Å². The standard InChI is InChI=1S/C15H23N3O/c1-12-3-2-10-18(14(12)11-16)15(19)5-4-13-6-8-17-9-7-13/h6-9,12,14H,2-5,10-11,16H2,1H3. The minimum Gasteiger partial charge on any atom is -0.338 e. The van der Waals surface area contributed by atoms with Gasteiger partial charge in [0.1, 0.15) is 0 Å². The van der Waals surface area contributed by atoms with Crippen LogP contribution in [0.3, 0.4) is 0 Å². The van der Waals surface area contributed by atoms with Crippen molar-refractivity contribution in [2.45, 2.75) is 38.6 Å². The maximum atomic E-state index is 12.3. The van der Waals surface area contributed by atoms with E-state index in [1.165, 1.54) is 6.42 Å². The van der Waals surface area contributed by atoms with Crippen LogP contribution in [0, 0.1) is 5.92 Å². The summed E-state index contributed by atoms with van der Waals surface area (Å²) in [5.41, 5.74) is 6.99. The summed E-state index contributed by atoms with van der Waals surface area (Å²) in [5, 5.41) is 0. The number of rotatable bonds is 4. The van der Waals surface area contributed by atoms with Crippen molar-refractivity contribution in [3.63, 3.8) is 0 Å². The molecule has 2 atom stereocenters. The van der Waals surface area contributed by atoms with E-state index in [1.54, 1.807) is 12.4 Å². The Morgan fingerprint density at radius 1 is 1.47 bits per heavy atom. The van der Waals surface area contributed by atoms with E-state index in [0.717, 1.165) is 24.9 Å². The van der Waals surface area contributed by atoms with Crippen LogP contribution < -0.4 is 5.73 Å². The van der Waals surface area contributed by atoms with Gasteiger partial charge in [-0.15, -0.1) is 0 Å². The first kappa shape index (κ1) is 14.0. The van der Waals surface area contributed by atoms with Crippen LogP contribution in [0.15, 0.2) is 24.5 Å². The van der Waals surface area contributed by atoms with Crippen LogP contribution in [0.2, 0.25) is 0 Å². The van der Waals surface area contributed by atoms with Gasteiger partial charge in [0.2, 0.25) is 5.91 Å². The average molecular weight is 261 g/mol. The first-order chi connectivity index (χ1) is 9.22. The molecule has 2 heterocycles. The number of hydrogen-bond acceptors (Lipinski definition) is 3. The van der Waals surface area contributed by atoms with Gasteiger partial charge in [0.05, 0.1) is 0 Å². The number of aromatic nitrogens is 1. The second-order valence-electron chi connectivity index (χ2n) is 5.37. The minimum atomic E-state index is 0.221. The van der Waals surface area contributed by atoms with Crippen molar-refractivity contribution in [2.75, 3.05) is 13.1 Å². The molecule has 1 aromatic rings. The molecular weight excluding hydrogens is 238 g/mol. The number of aryl methyl sites for hydroxylation is 1. The molecule has 1 fully saturated rings. The Kier molecular flexibility index (Phi) is 4.91. The molecule has 0 saturated carbocycles. The molecule has 0 radical (unpaired) electrons. The first-order valence-corrected chi connectivity index (χ1v) is 7.11. The van der Waals surface area contributed by atoms with Gasteiger partial charge in [0.25, 0.3) is 0 Å². The number of nitrogens with zero attached hydrogens (tertiary/aromatic N) is 2. The third-order valence-electron chi connectivity index (χ3n) is 4.05. The summed E-state index contributed by atoms with van der Waals surface area (Å²) in [4.78, 5) is 18.3. The lowest BCUT2D eigenvalue weighted by atomic mass is 9.90. The van der Waals surface area contributed by atoms with Crippen molar-refractivity contribution in [3.8, 4) is 0 Å². The van der Waals surface area contributed by atoms with Crippen LogP contribution in [0.4, 0.5) is 0 Å². The van der Waals surface area contributed by atoms with E-state index in [1.807, 2.05) is 17.0 Å². The van der Waals surface area contributed by atoms with E-state index in [-0.39, 0.29) is 11.9 Å². The zero-order chi connectivity index (χ0) is 13.7. The molecule has 1 amide bonds. The average Bonchev–Trinajstić information content (AvgIpc) is 2.45. The molecule has 0 aromatic carbocycles. The van der Waals surface area contributed by atoms with Gasteiger partial charge in [-0.3, -0.25) is 9.78 Å². The fraction of sp³-hybridized carbons (Fsp3) is 0.600. The van der Waals surface area contributed by atoms with Crippen LogP contribution in [-0.4, -0.2) is 34.9 Å². The zero-order valence-corrected chi connectivity index (χ0v) is 11.6. The van der Waals surface area contributed by atoms with Gasteiger partial charge in [0.15, 0.2) is 0 Å². The highest BCUT2D eigenvalue weighted by atomic mass is 16.2. The lowest BCUT2D eigenvalue weighted by molar-refractivity contribution is -0.136. The normalized spacial score (nSPS) is 23.4. The fourth-order valence-electron chi connectivity index (χ4n) is 2.86. The first-order valence-electron chi connectivity index (χ1n) is 7.11. The zero-order valence-electron chi connectivity index (χ0n) is 11.6. The summed E-state index contributed by atoms with van der Waals surface area (Å²) in [6, 6.07) is 4.15. The Labute approximate surface area is 115 Å². The van der Waals surface area contributed by atoms with E-state index < -0.39 is 0 Å². The van der Waals surface area contributed by atoms with Gasteiger partial charge in [-0.25, -0.2) is 0 Å². The molecule has 0 bridgehead atoms. The van der Waals surface area contributed by atoms with E-state index in [2.05, 4.69) is 11.9 Å². The Hall–Kier alpha value is -1.42. The Balaban J connectivity index is 1.91. The lowest BCUT2D eigenvalue weighted by Gasteiger charge is -2.39. The summed E-state index contributed by atoms with van der Waals surface area (Å²) in [6.07, 6.45) is 7.16. The highest BCUT2D eigenvalue weighted by Crippen LogP contribution is 2.23. The summed E-state index contributed by atoms with van der Waals surface area (Å²) >= 11 is 0. The van der Waals surface area contributed by atoms with Crippen LogP contribution in [0.25, 0.3) is 0 Å². The predicted molar refractivity (Wildman–Crippen MR) is 75.5 cm³/mol. The third-order valence-corrected chi connectivity index (χ3v) is 4.05. The van der Waals surface area contributed by atoms with E-state index >= 15 is 0 Å².